The SMILES string of the molecule is CC(N[C@@H](C)c1cccnc1)c1ccc(Br)cc1Cl. The fourth-order valence-electron chi connectivity index (χ4n) is 2.05. The summed E-state index contributed by atoms with van der Waals surface area (Å²) in [5.41, 5.74) is 2.27. The number of nitrogens with one attached hydrogen (secondary N) is 1. The second-order valence-corrected chi connectivity index (χ2v) is 5.89. The number of rotatable bonds is 4. The van der Waals surface area contributed by atoms with Gasteiger partial charge in [-0.15, -0.1) is 0 Å². The Labute approximate surface area is 127 Å². The molecule has 0 aliphatic heterocycles. The normalized spacial score (nSPS) is 14.1. The Balaban J connectivity index is 2.10. The van der Waals surface area contributed by atoms with Gasteiger partial charge in [0.25, 0.3) is 0 Å². The van der Waals surface area contributed by atoms with Crippen LogP contribution in [0.4, 0.5) is 0 Å². The summed E-state index contributed by atoms with van der Waals surface area (Å²) < 4.78 is 0.994. The molecule has 0 amide bonds. The largest absolute Gasteiger partial charge is 0.304 e. The lowest BCUT2D eigenvalue weighted by Crippen LogP contribution is -2.22. The second-order valence-electron chi connectivity index (χ2n) is 4.56. The Hall–Kier alpha value is -0.900. The van der Waals surface area contributed by atoms with Gasteiger partial charge in [0.15, 0.2) is 0 Å². The molecule has 2 nitrogen and oxygen atoms in total. The van der Waals surface area contributed by atoms with Crippen molar-refractivity contribution in [1.82, 2.24) is 10.3 Å². The maximum absolute atomic E-state index is 6.27. The third-order valence-corrected chi connectivity index (χ3v) is 3.93. The second kappa shape index (κ2) is 6.51. The maximum atomic E-state index is 6.27. The van der Waals surface area contributed by atoms with Gasteiger partial charge in [-0.05, 0) is 43.2 Å². The lowest BCUT2D eigenvalue weighted by atomic mass is 10.1. The first kappa shape index (κ1) is 14.5. The van der Waals surface area contributed by atoms with Crippen LogP contribution in [0.25, 0.3) is 0 Å². The fourth-order valence-corrected chi connectivity index (χ4v) is 2.88. The van der Waals surface area contributed by atoms with E-state index in [4.69, 9.17) is 11.6 Å². The number of nitrogens with zero attached hydrogens (tertiary/aromatic N) is 1. The summed E-state index contributed by atoms with van der Waals surface area (Å²) in [6.45, 7) is 4.24. The average molecular weight is 340 g/mol. The van der Waals surface area contributed by atoms with Gasteiger partial charge in [-0.3, -0.25) is 4.98 Å². The van der Waals surface area contributed by atoms with E-state index in [1.165, 1.54) is 5.56 Å². The molecule has 0 bridgehead atoms. The Kier molecular flexibility index (Phi) is 4.97. The van der Waals surface area contributed by atoms with Crippen LogP contribution in [0.15, 0.2) is 47.2 Å². The third kappa shape index (κ3) is 3.78. The lowest BCUT2D eigenvalue weighted by Gasteiger charge is -2.21. The minimum absolute atomic E-state index is 0.177. The van der Waals surface area contributed by atoms with E-state index in [0.29, 0.717) is 0 Å². The molecule has 2 aromatic rings. The summed E-state index contributed by atoms with van der Waals surface area (Å²) >= 11 is 9.69. The van der Waals surface area contributed by atoms with Crippen molar-refractivity contribution in [3.05, 3.63) is 63.3 Å². The third-order valence-electron chi connectivity index (χ3n) is 3.11. The van der Waals surface area contributed by atoms with Crippen LogP contribution in [0, 0.1) is 0 Å². The van der Waals surface area contributed by atoms with Crippen LogP contribution < -0.4 is 5.32 Å². The van der Waals surface area contributed by atoms with Gasteiger partial charge in [0.1, 0.15) is 0 Å². The van der Waals surface area contributed by atoms with Crippen LogP contribution >= 0.6 is 27.5 Å². The molecule has 4 heteroatoms. The summed E-state index contributed by atoms with van der Waals surface area (Å²) in [4.78, 5) is 4.14. The van der Waals surface area contributed by atoms with Gasteiger partial charge >= 0.3 is 0 Å². The molecule has 0 spiro atoms. The molecule has 0 saturated carbocycles. The minimum Gasteiger partial charge on any atom is -0.304 e. The first-order valence-electron chi connectivity index (χ1n) is 6.19. The number of hydrogen-bond acceptors (Lipinski definition) is 2. The Morgan fingerprint density at radius 2 is 2.00 bits per heavy atom. The molecular formula is C15H16BrClN2. The zero-order chi connectivity index (χ0) is 13.8. The average Bonchev–Trinajstić information content (AvgIpc) is 2.39. The van der Waals surface area contributed by atoms with Crippen molar-refractivity contribution in [3.8, 4) is 0 Å². The molecule has 0 aliphatic carbocycles. The van der Waals surface area contributed by atoms with Gasteiger partial charge in [-0.1, -0.05) is 39.7 Å². The molecule has 0 radical (unpaired) electrons. The molecule has 1 unspecified atom stereocenters. The Bertz CT molecular complexity index is 545. The molecule has 2 atom stereocenters. The molecule has 2 rings (SSSR count). The van der Waals surface area contributed by atoms with E-state index in [1.807, 2.05) is 30.5 Å². The highest BCUT2D eigenvalue weighted by atomic mass is 79.9. The molecular weight excluding hydrogens is 324 g/mol. The highest BCUT2D eigenvalue weighted by Crippen LogP contribution is 2.27. The summed E-state index contributed by atoms with van der Waals surface area (Å²) in [6, 6.07) is 10.4. The number of aromatic nitrogens is 1. The molecule has 0 saturated heterocycles. The fraction of sp³-hybridized carbons (Fsp3) is 0.267. The van der Waals surface area contributed by atoms with Crippen LogP contribution in [0.1, 0.15) is 37.1 Å². The van der Waals surface area contributed by atoms with Crippen molar-refractivity contribution < 1.29 is 0 Å². The summed E-state index contributed by atoms with van der Waals surface area (Å²) in [6.07, 6.45) is 3.67. The van der Waals surface area contributed by atoms with E-state index in [1.54, 1.807) is 6.20 Å². The van der Waals surface area contributed by atoms with Crippen molar-refractivity contribution >= 4 is 27.5 Å². The van der Waals surface area contributed by atoms with Gasteiger partial charge in [0.2, 0.25) is 0 Å². The van der Waals surface area contributed by atoms with Gasteiger partial charge in [-0.2, -0.15) is 0 Å². The highest BCUT2D eigenvalue weighted by molar-refractivity contribution is 9.10. The van der Waals surface area contributed by atoms with Crippen molar-refractivity contribution in [3.63, 3.8) is 0 Å². The first-order valence-corrected chi connectivity index (χ1v) is 7.36. The molecule has 1 heterocycles. The maximum Gasteiger partial charge on any atom is 0.0464 e. The van der Waals surface area contributed by atoms with E-state index in [2.05, 4.69) is 46.1 Å². The van der Waals surface area contributed by atoms with E-state index in [9.17, 15) is 0 Å². The van der Waals surface area contributed by atoms with Gasteiger partial charge < -0.3 is 5.32 Å². The predicted octanol–water partition coefficient (Wildman–Crippen LogP) is 4.91. The van der Waals surface area contributed by atoms with Gasteiger partial charge in [0, 0.05) is 34.0 Å². The molecule has 100 valence electrons. The smallest absolute Gasteiger partial charge is 0.0464 e. The van der Waals surface area contributed by atoms with Crippen LogP contribution in [-0.2, 0) is 0 Å². The van der Waals surface area contributed by atoms with E-state index < -0.39 is 0 Å². The Morgan fingerprint density at radius 1 is 1.21 bits per heavy atom. The van der Waals surface area contributed by atoms with Crippen LogP contribution in [0.5, 0.6) is 0 Å². The monoisotopic (exact) mass is 338 g/mol. The highest BCUT2D eigenvalue weighted by Gasteiger charge is 2.13. The van der Waals surface area contributed by atoms with Crippen molar-refractivity contribution in [2.45, 2.75) is 25.9 Å². The first-order chi connectivity index (χ1) is 9.08. The number of benzene rings is 1. The van der Waals surface area contributed by atoms with E-state index >= 15 is 0 Å². The van der Waals surface area contributed by atoms with Crippen LogP contribution in [-0.4, -0.2) is 4.98 Å². The summed E-state index contributed by atoms with van der Waals surface area (Å²) in [5.74, 6) is 0. The Morgan fingerprint density at radius 3 is 2.63 bits per heavy atom. The zero-order valence-electron chi connectivity index (χ0n) is 10.9. The van der Waals surface area contributed by atoms with Crippen LogP contribution in [0.3, 0.4) is 0 Å². The van der Waals surface area contributed by atoms with Gasteiger partial charge in [0.05, 0.1) is 0 Å². The summed E-state index contributed by atoms with van der Waals surface area (Å²) in [5, 5.41) is 4.30. The molecule has 0 fully saturated rings. The lowest BCUT2D eigenvalue weighted by molar-refractivity contribution is 0.494. The molecule has 1 aromatic heterocycles. The van der Waals surface area contributed by atoms with Crippen molar-refractivity contribution in [1.29, 1.82) is 0 Å². The van der Waals surface area contributed by atoms with E-state index in [-0.39, 0.29) is 12.1 Å². The topological polar surface area (TPSA) is 24.9 Å². The minimum atomic E-state index is 0.177. The quantitative estimate of drug-likeness (QED) is 0.856. The summed E-state index contributed by atoms with van der Waals surface area (Å²) in [7, 11) is 0. The van der Waals surface area contributed by atoms with Crippen molar-refractivity contribution in [2.24, 2.45) is 0 Å². The van der Waals surface area contributed by atoms with E-state index in [0.717, 1.165) is 15.1 Å². The molecule has 0 aliphatic rings. The van der Waals surface area contributed by atoms with Crippen molar-refractivity contribution in [2.75, 3.05) is 0 Å². The zero-order valence-corrected chi connectivity index (χ0v) is 13.2. The van der Waals surface area contributed by atoms with Gasteiger partial charge in [-0.25, -0.2) is 0 Å². The number of pyridine rings is 1. The number of halogens is 2. The predicted molar refractivity (Wildman–Crippen MR) is 83.4 cm³/mol. The molecule has 19 heavy (non-hydrogen) atoms. The molecule has 1 aromatic carbocycles. The number of hydrogen-bond donors (Lipinski definition) is 1. The standard InChI is InChI=1S/C15H16BrClN2/c1-10(12-4-3-7-18-9-12)19-11(2)14-6-5-13(16)8-15(14)17/h3-11,19H,1-2H3/t10-,11?/m0/s1. The van der Waals surface area contributed by atoms with Crippen LogP contribution in [0.2, 0.25) is 5.02 Å². The molecule has 1 N–H and O–H groups in total.